The van der Waals surface area contributed by atoms with Crippen molar-refractivity contribution >= 4 is 35.7 Å². The van der Waals surface area contributed by atoms with Gasteiger partial charge in [-0.15, -0.1) is 17.5 Å². The first-order valence-corrected chi connectivity index (χ1v) is 11.9. The number of carbonyl (C=O) groups is 1. The number of rotatable bonds is 5. The van der Waals surface area contributed by atoms with Crippen molar-refractivity contribution in [3.8, 4) is 11.4 Å². The molecule has 15 heteroatoms. The second-order valence-electron chi connectivity index (χ2n) is 8.79. The van der Waals surface area contributed by atoms with E-state index in [9.17, 15) is 18.0 Å². The minimum atomic E-state index is -4.74. The number of methoxy groups -OCH3 is 1. The van der Waals surface area contributed by atoms with Crippen LogP contribution in [0.3, 0.4) is 0 Å². The molecule has 2 aliphatic heterocycles. The average molecular weight is 557 g/mol. The van der Waals surface area contributed by atoms with E-state index in [4.69, 9.17) is 4.74 Å². The van der Waals surface area contributed by atoms with E-state index in [1.165, 1.54) is 0 Å². The van der Waals surface area contributed by atoms with Gasteiger partial charge in [0, 0.05) is 58.2 Å². The highest BCUT2D eigenvalue weighted by Gasteiger charge is 2.36. The van der Waals surface area contributed by atoms with E-state index >= 15 is 0 Å². The van der Waals surface area contributed by atoms with E-state index < -0.39 is 17.8 Å². The molecule has 0 atom stereocenters. The third kappa shape index (κ3) is 6.09. The van der Waals surface area contributed by atoms with Crippen LogP contribution >= 0.6 is 12.4 Å². The molecule has 11 nitrogen and oxygen atoms in total. The second-order valence-corrected chi connectivity index (χ2v) is 8.79. The number of alkyl halides is 3. The van der Waals surface area contributed by atoms with Gasteiger partial charge in [0.1, 0.15) is 11.3 Å². The Bertz CT molecular complexity index is 1280. The lowest BCUT2D eigenvalue weighted by atomic mass is 10.1. The van der Waals surface area contributed by atoms with E-state index in [1.54, 1.807) is 4.52 Å². The fraction of sp³-hybridized carbons (Fsp3) is 0.478. The Kier molecular flexibility index (Phi) is 8.55. The number of aromatic nitrogens is 4. The number of halogens is 4. The van der Waals surface area contributed by atoms with Crippen molar-refractivity contribution in [3.05, 3.63) is 35.7 Å². The van der Waals surface area contributed by atoms with Gasteiger partial charge in [0.15, 0.2) is 11.6 Å². The fourth-order valence-corrected chi connectivity index (χ4v) is 4.47. The predicted molar refractivity (Wildman–Crippen MR) is 136 cm³/mol. The monoisotopic (exact) mass is 556 g/mol. The maximum absolute atomic E-state index is 14.1. The average Bonchev–Trinajstić information content (AvgIpc) is 3.31. The van der Waals surface area contributed by atoms with Crippen LogP contribution in [0.2, 0.25) is 0 Å². The van der Waals surface area contributed by atoms with E-state index in [2.05, 4.69) is 35.3 Å². The number of nitrogens with one attached hydrogen (secondary N) is 2. The van der Waals surface area contributed by atoms with Crippen molar-refractivity contribution in [2.24, 2.45) is 0 Å². The fourth-order valence-electron chi connectivity index (χ4n) is 4.47. The van der Waals surface area contributed by atoms with Crippen LogP contribution in [0.1, 0.15) is 11.1 Å². The number of hydrogen-bond donors (Lipinski definition) is 2. The molecule has 1 amide bonds. The Balaban J connectivity index is 0.00000336. The van der Waals surface area contributed by atoms with Crippen LogP contribution < -0.4 is 15.5 Å². The van der Waals surface area contributed by atoms with Crippen LogP contribution in [0.15, 0.2) is 24.5 Å². The molecule has 3 aromatic rings. The number of anilines is 2. The number of carbonyl (C=O) groups excluding carboxylic acids is 1. The number of amides is 1. The number of nitrogens with zero attached hydrogens (tertiary/aromatic N) is 6. The van der Waals surface area contributed by atoms with E-state index in [1.807, 2.05) is 17.2 Å². The SMILES string of the molecule is COC(=O)Nc1cc(C(F)(F)F)c(-c2nc(N3CCOCC3)c3cc(CN4CCNCC4)cn3n2)cn1.Cl. The minimum absolute atomic E-state index is 0. The predicted octanol–water partition coefficient (Wildman–Crippen LogP) is 2.65. The van der Waals surface area contributed by atoms with Crippen LogP contribution in [-0.2, 0) is 22.2 Å². The molecule has 0 radical (unpaired) electrons. The molecule has 2 saturated heterocycles. The molecule has 0 saturated carbocycles. The molecule has 0 aromatic carbocycles. The summed E-state index contributed by atoms with van der Waals surface area (Å²) in [5.41, 5.74) is 0.391. The summed E-state index contributed by atoms with van der Waals surface area (Å²) in [7, 11) is 1.11. The van der Waals surface area contributed by atoms with Gasteiger partial charge in [-0.2, -0.15) is 13.2 Å². The Hall–Kier alpha value is -3.20. The maximum Gasteiger partial charge on any atom is 0.417 e. The highest BCUT2D eigenvalue weighted by molar-refractivity contribution is 5.85. The molecule has 5 rings (SSSR count). The van der Waals surface area contributed by atoms with Gasteiger partial charge in [0.25, 0.3) is 0 Å². The number of piperazine rings is 1. The smallest absolute Gasteiger partial charge is 0.417 e. The van der Waals surface area contributed by atoms with Gasteiger partial charge in [0.2, 0.25) is 0 Å². The van der Waals surface area contributed by atoms with Gasteiger partial charge in [-0.25, -0.2) is 19.3 Å². The van der Waals surface area contributed by atoms with Gasteiger partial charge in [0.05, 0.1) is 31.5 Å². The molecule has 5 heterocycles. The minimum Gasteiger partial charge on any atom is -0.453 e. The van der Waals surface area contributed by atoms with Gasteiger partial charge >= 0.3 is 12.3 Å². The molecule has 2 N–H and O–H groups in total. The third-order valence-electron chi connectivity index (χ3n) is 6.29. The summed E-state index contributed by atoms with van der Waals surface area (Å²) >= 11 is 0. The summed E-state index contributed by atoms with van der Waals surface area (Å²) in [4.78, 5) is 24.4. The van der Waals surface area contributed by atoms with Crippen molar-refractivity contribution in [1.29, 1.82) is 0 Å². The molecule has 0 aliphatic carbocycles. The number of ether oxygens (including phenoxy) is 2. The summed E-state index contributed by atoms with van der Waals surface area (Å²) < 4.78 is 53.8. The Morgan fingerprint density at radius 2 is 1.92 bits per heavy atom. The van der Waals surface area contributed by atoms with E-state index in [-0.39, 0.29) is 29.6 Å². The normalized spacial score (nSPS) is 16.8. The van der Waals surface area contributed by atoms with Crippen LogP contribution in [-0.4, -0.2) is 90.2 Å². The molecule has 0 unspecified atom stereocenters. The number of pyridine rings is 1. The van der Waals surface area contributed by atoms with Gasteiger partial charge in [-0.3, -0.25) is 10.2 Å². The zero-order valence-electron chi connectivity index (χ0n) is 20.6. The lowest BCUT2D eigenvalue weighted by Gasteiger charge is -2.28. The summed E-state index contributed by atoms with van der Waals surface area (Å²) in [6.07, 6.45) is -2.82. The number of fused-ring (bicyclic) bond motifs is 1. The first kappa shape index (κ1) is 27.8. The second kappa shape index (κ2) is 11.7. The topological polar surface area (TPSA) is 109 Å². The van der Waals surface area contributed by atoms with E-state index in [0.29, 0.717) is 44.2 Å². The maximum atomic E-state index is 14.1. The van der Waals surface area contributed by atoms with Crippen LogP contribution in [0.25, 0.3) is 16.9 Å². The molecule has 2 aliphatic rings. The molecule has 0 spiro atoms. The van der Waals surface area contributed by atoms with Crippen LogP contribution in [0.4, 0.5) is 29.6 Å². The summed E-state index contributed by atoms with van der Waals surface area (Å²) in [6, 6.07) is 2.74. The Labute approximate surface area is 222 Å². The van der Waals surface area contributed by atoms with E-state index in [0.717, 1.165) is 51.1 Å². The number of hydrogen-bond acceptors (Lipinski definition) is 9. The molecular weight excluding hydrogens is 529 g/mol. The molecule has 3 aromatic heterocycles. The van der Waals surface area contributed by atoms with Crippen molar-refractivity contribution in [1.82, 2.24) is 29.8 Å². The standard InChI is InChI=1S/C23H27F3N8O3.ClH/c1-36-22(35)29-19-11-17(23(24,25)26)16(12-28-19)20-30-21(33-6-8-37-9-7-33)18-10-15(14-34(18)31-20)13-32-4-2-27-3-5-32;/h10-12,14,27H,2-9,13H2,1H3,(H,28,29,35);1H. The van der Waals surface area contributed by atoms with Crippen LogP contribution in [0.5, 0.6) is 0 Å². The first-order valence-electron chi connectivity index (χ1n) is 11.9. The van der Waals surface area contributed by atoms with Gasteiger partial charge < -0.3 is 19.7 Å². The van der Waals surface area contributed by atoms with Gasteiger partial charge in [-0.05, 0) is 17.7 Å². The molecule has 206 valence electrons. The Morgan fingerprint density at radius 3 is 2.61 bits per heavy atom. The molecular formula is C23H28ClF3N8O3. The van der Waals surface area contributed by atoms with Crippen molar-refractivity contribution in [3.63, 3.8) is 0 Å². The largest absolute Gasteiger partial charge is 0.453 e. The van der Waals surface area contributed by atoms with Crippen molar-refractivity contribution in [2.45, 2.75) is 12.7 Å². The molecule has 38 heavy (non-hydrogen) atoms. The lowest BCUT2D eigenvalue weighted by molar-refractivity contribution is -0.137. The number of morpholine rings is 1. The highest BCUT2D eigenvalue weighted by Crippen LogP contribution is 2.37. The van der Waals surface area contributed by atoms with Crippen molar-refractivity contribution in [2.75, 3.05) is 69.8 Å². The summed E-state index contributed by atoms with van der Waals surface area (Å²) in [6.45, 7) is 6.42. The zero-order chi connectivity index (χ0) is 26.0. The zero-order valence-corrected chi connectivity index (χ0v) is 21.4. The third-order valence-corrected chi connectivity index (χ3v) is 6.29. The Morgan fingerprint density at radius 1 is 1.18 bits per heavy atom. The lowest BCUT2D eigenvalue weighted by Crippen LogP contribution is -2.42. The summed E-state index contributed by atoms with van der Waals surface area (Å²) in [5.74, 6) is 0.115. The quantitative estimate of drug-likeness (QED) is 0.490. The van der Waals surface area contributed by atoms with Crippen molar-refractivity contribution < 1.29 is 27.4 Å². The van der Waals surface area contributed by atoms with Gasteiger partial charge in [-0.1, -0.05) is 0 Å². The van der Waals surface area contributed by atoms with Crippen LogP contribution in [0, 0.1) is 0 Å². The summed E-state index contributed by atoms with van der Waals surface area (Å²) in [5, 5.41) is 9.95. The molecule has 2 fully saturated rings. The highest BCUT2D eigenvalue weighted by atomic mass is 35.5. The molecule has 0 bridgehead atoms. The first-order chi connectivity index (χ1) is 17.8.